The van der Waals surface area contributed by atoms with E-state index in [4.69, 9.17) is 9.98 Å². The third-order valence-corrected chi connectivity index (χ3v) is 10.1. The number of nitrogens with zero attached hydrogens (tertiary/aromatic N) is 4. The van der Waals surface area contributed by atoms with Crippen molar-refractivity contribution >= 4 is 38.5 Å². The number of aromatic nitrogens is 2. The van der Waals surface area contributed by atoms with Crippen molar-refractivity contribution < 1.29 is 0 Å². The van der Waals surface area contributed by atoms with Gasteiger partial charge in [-0.15, -0.1) is 0 Å². The lowest BCUT2D eigenvalue weighted by Gasteiger charge is -2.44. The number of fused-ring (bicyclic) bond motifs is 1. The molecule has 1 saturated heterocycles. The van der Waals surface area contributed by atoms with Gasteiger partial charge >= 0.3 is 0 Å². The molecule has 5 rings (SSSR count). The first-order valence-electron chi connectivity index (χ1n) is 15.5. The number of nitrogens with one attached hydrogen (secondary N) is 2. The standard InChI is InChI=1S/C34H47BrN6O/c1-21-17-34(6,7)22(2)14-30(21)39-33(40-18-23(3)37-24(4)19-40)38-28-12-13-29-31(16-28)36-20-41(32(29)42)25(5)15-26-8-10-27(35)11-9-26/h8-13,16,20-25,30,37H,14-15,17-19H2,1-7H3,(H,38,39)/t21-,22+,23-,24+,25+,30?/m0/s1. The Bertz CT molecular complexity index is 1470. The van der Waals surface area contributed by atoms with Crippen molar-refractivity contribution in [3.05, 3.63) is 69.2 Å². The molecule has 0 amide bonds. The van der Waals surface area contributed by atoms with Crippen LogP contribution in [-0.2, 0) is 6.42 Å². The summed E-state index contributed by atoms with van der Waals surface area (Å²) in [5.74, 6) is 2.06. The highest BCUT2D eigenvalue weighted by molar-refractivity contribution is 9.10. The summed E-state index contributed by atoms with van der Waals surface area (Å²) in [6.45, 7) is 17.8. The van der Waals surface area contributed by atoms with E-state index in [0.29, 0.717) is 40.2 Å². The molecule has 6 atom stereocenters. The van der Waals surface area contributed by atoms with E-state index in [-0.39, 0.29) is 17.6 Å². The van der Waals surface area contributed by atoms with E-state index in [1.54, 1.807) is 10.9 Å². The minimum atomic E-state index is -0.0116. The lowest BCUT2D eigenvalue weighted by molar-refractivity contribution is 0.0978. The van der Waals surface area contributed by atoms with Crippen LogP contribution in [0.4, 0.5) is 5.69 Å². The van der Waals surface area contributed by atoms with Crippen molar-refractivity contribution in [3.8, 4) is 0 Å². The number of halogens is 1. The van der Waals surface area contributed by atoms with Crippen LogP contribution in [0.3, 0.4) is 0 Å². The Morgan fingerprint density at radius 1 is 1.12 bits per heavy atom. The van der Waals surface area contributed by atoms with Crippen molar-refractivity contribution in [3.63, 3.8) is 0 Å². The molecular weight excluding hydrogens is 588 g/mol. The third-order valence-electron chi connectivity index (χ3n) is 9.54. The third kappa shape index (κ3) is 6.91. The molecule has 1 aliphatic heterocycles. The zero-order valence-electron chi connectivity index (χ0n) is 26.2. The summed E-state index contributed by atoms with van der Waals surface area (Å²) in [7, 11) is 0. The Balaban J connectivity index is 1.41. The van der Waals surface area contributed by atoms with Gasteiger partial charge in [-0.3, -0.25) is 9.36 Å². The fourth-order valence-electron chi connectivity index (χ4n) is 6.83. The summed E-state index contributed by atoms with van der Waals surface area (Å²) < 4.78 is 2.80. The van der Waals surface area contributed by atoms with Crippen LogP contribution in [0.15, 0.2) is 63.1 Å². The molecule has 8 heteroatoms. The average Bonchev–Trinajstić information content (AvgIpc) is 2.92. The van der Waals surface area contributed by atoms with Crippen LogP contribution in [0.1, 0.15) is 72.9 Å². The smallest absolute Gasteiger partial charge is 0.261 e. The second kappa shape index (κ2) is 12.5. The summed E-state index contributed by atoms with van der Waals surface area (Å²) in [6.07, 6.45) is 4.72. The highest BCUT2D eigenvalue weighted by Crippen LogP contribution is 2.44. The molecule has 1 saturated carbocycles. The maximum atomic E-state index is 13.5. The zero-order chi connectivity index (χ0) is 30.2. The van der Waals surface area contributed by atoms with Crippen LogP contribution in [0.25, 0.3) is 10.9 Å². The van der Waals surface area contributed by atoms with Crippen LogP contribution in [0, 0.1) is 17.3 Å². The molecule has 0 spiro atoms. The lowest BCUT2D eigenvalue weighted by atomic mass is 9.64. The van der Waals surface area contributed by atoms with Gasteiger partial charge in [0.25, 0.3) is 5.56 Å². The number of hydrogen-bond donors (Lipinski definition) is 2. The minimum absolute atomic E-state index is 0.00587. The van der Waals surface area contributed by atoms with Gasteiger partial charge in [0.1, 0.15) is 0 Å². The lowest BCUT2D eigenvalue weighted by Crippen LogP contribution is -2.57. The van der Waals surface area contributed by atoms with Gasteiger partial charge in [-0.25, -0.2) is 9.98 Å². The molecule has 42 heavy (non-hydrogen) atoms. The van der Waals surface area contributed by atoms with Gasteiger partial charge in [0.15, 0.2) is 5.96 Å². The number of rotatable bonds is 5. The number of guanidine groups is 1. The summed E-state index contributed by atoms with van der Waals surface area (Å²) in [6, 6.07) is 15.2. The highest BCUT2D eigenvalue weighted by Gasteiger charge is 2.38. The van der Waals surface area contributed by atoms with Crippen molar-refractivity contribution in [1.82, 2.24) is 19.8 Å². The number of anilines is 1. The molecule has 2 N–H and O–H groups in total. The summed E-state index contributed by atoms with van der Waals surface area (Å²) >= 11 is 3.49. The fraction of sp³-hybridized carbons (Fsp3) is 0.559. The first-order chi connectivity index (χ1) is 19.9. The summed E-state index contributed by atoms with van der Waals surface area (Å²) in [5, 5.41) is 7.95. The Kier molecular flexibility index (Phi) is 9.14. The first kappa shape index (κ1) is 30.7. The molecule has 2 aliphatic rings. The SMILES string of the molecule is C[C@@H]1CN(C(=NC2C[C@@H](C)C(C)(C)C[C@@H]2C)Nc2ccc3c(=O)n([C@H](C)Cc4ccc(Br)cc4)cnc3c2)C[C@H](C)N1. The van der Waals surface area contributed by atoms with Gasteiger partial charge in [0.2, 0.25) is 0 Å². The molecule has 0 bridgehead atoms. The monoisotopic (exact) mass is 634 g/mol. The van der Waals surface area contributed by atoms with Gasteiger partial charge in [-0.1, -0.05) is 55.8 Å². The number of aliphatic imine (C=N–C) groups is 1. The number of hydrogen-bond acceptors (Lipinski definition) is 4. The van der Waals surface area contributed by atoms with Crippen LogP contribution in [0.2, 0.25) is 0 Å². The molecule has 1 aromatic heterocycles. The van der Waals surface area contributed by atoms with E-state index in [1.165, 1.54) is 12.0 Å². The molecule has 2 fully saturated rings. The van der Waals surface area contributed by atoms with E-state index in [0.717, 1.165) is 42.1 Å². The van der Waals surface area contributed by atoms with Crippen molar-refractivity contribution in [1.29, 1.82) is 0 Å². The topological polar surface area (TPSA) is 74.5 Å². The van der Waals surface area contributed by atoms with Crippen LogP contribution in [0.5, 0.6) is 0 Å². The maximum absolute atomic E-state index is 13.5. The maximum Gasteiger partial charge on any atom is 0.261 e. The molecule has 2 aromatic carbocycles. The largest absolute Gasteiger partial charge is 0.340 e. The summed E-state index contributed by atoms with van der Waals surface area (Å²) in [5.41, 5.74) is 3.11. The molecular formula is C34H47BrN6O. The molecule has 3 aromatic rings. The Morgan fingerprint density at radius 3 is 2.50 bits per heavy atom. The number of piperazine rings is 1. The minimum Gasteiger partial charge on any atom is -0.340 e. The van der Waals surface area contributed by atoms with E-state index in [1.807, 2.05) is 30.3 Å². The van der Waals surface area contributed by atoms with Gasteiger partial charge in [0, 0.05) is 41.4 Å². The fourth-order valence-corrected chi connectivity index (χ4v) is 7.09. The quantitative estimate of drug-likeness (QED) is 0.237. The van der Waals surface area contributed by atoms with Crippen LogP contribution in [-0.4, -0.2) is 51.6 Å². The van der Waals surface area contributed by atoms with E-state index < -0.39 is 0 Å². The zero-order valence-corrected chi connectivity index (χ0v) is 27.8. The predicted octanol–water partition coefficient (Wildman–Crippen LogP) is 6.87. The Labute approximate surface area is 259 Å². The second-order valence-electron chi connectivity index (χ2n) is 13.7. The highest BCUT2D eigenvalue weighted by atomic mass is 79.9. The van der Waals surface area contributed by atoms with E-state index in [9.17, 15) is 4.79 Å². The molecule has 0 radical (unpaired) electrons. The van der Waals surface area contributed by atoms with Gasteiger partial charge in [0.05, 0.1) is 23.3 Å². The number of benzene rings is 2. The van der Waals surface area contributed by atoms with Gasteiger partial charge < -0.3 is 15.5 Å². The second-order valence-corrected chi connectivity index (χ2v) is 14.6. The molecule has 226 valence electrons. The van der Waals surface area contributed by atoms with Gasteiger partial charge in [-0.2, -0.15) is 0 Å². The summed E-state index contributed by atoms with van der Waals surface area (Å²) in [4.78, 5) is 26.0. The van der Waals surface area contributed by atoms with Crippen molar-refractivity contribution in [2.24, 2.45) is 22.2 Å². The van der Waals surface area contributed by atoms with Crippen LogP contribution >= 0.6 is 15.9 Å². The van der Waals surface area contributed by atoms with Crippen molar-refractivity contribution in [2.75, 3.05) is 18.4 Å². The molecule has 1 aliphatic carbocycles. The molecule has 2 heterocycles. The average molecular weight is 636 g/mol. The molecule has 1 unspecified atom stereocenters. The normalized spacial score (nSPS) is 27.2. The van der Waals surface area contributed by atoms with Crippen LogP contribution < -0.4 is 16.2 Å². The first-order valence-corrected chi connectivity index (χ1v) is 16.3. The van der Waals surface area contributed by atoms with E-state index >= 15 is 0 Å². The van der Waals surface area contributed by atoms with Crippen molar-refractivity contribution in [2.45, 2.75) is 91.9 Å². The Morgan fingerprint density at radius 2 is 1.81 bits per heavy atom. The van der Waals surface area contributed by atoms with E-state index in [2.05, 4.69) is 92.1 Å². The molecule has 7 nitrogen and oxygen atoms in total. The Hall–Kier alpha value is -2.71. The predicted molar refractivity (Wildman–Crippen MR) is 178 cm³/mol. The van der Waals surface area contributed by atoms with Gasteiger partial charge in [-0.05, 0) is 93.2 Å².